The van der Waals surface area contributed by atoms with Gasteiger partial charge in [-0.1, -0.05) is 0 Å². The van der Waals surface area contributed by atoms with Gasteiger partial charge in [-0.15, -0.1) is 0 Å². The topological polar surface area (TPSA) is 134 Å². The van der Waals surface area contributed by atoms with Crippen LogP contribution in [0.2, 0.25) is 5.28 Å². The predicted molar refractivity (Wildman–Crippen MR) is 78.8 cm³/mol. The molecule has 0 saturated carbocycles. The molecule has 0 spiro atoms. The molecule has 1 aromatic heterocycles. The van der Waals surface area contributed by atoms with Crippen molar-refractivity contribution in [1.82, 2.24) is 15.0 Å². The van der Waals surface area contributed by atoms with Crippen molar-refractivity contribution in [3.05, 3.63) is 29.3 Å². The van der Waals surface area contributed by atoms with E-state index in [2.05, 4.69) is 25.6 Å². The molecule has 116 valence electrons. The van der Waals surface area contributed by atoms with Crippen LogP contribution in [0.1, 0.15) is 5.82 Å². The van der Waals surface area contributed by atoms with E-state index in [4.69, 9.17) is 11.6 Å². The van der Waals surface area contributed by atoms with Gasteiger partial charge in [0, 0.05) is 5.69 Å². The van der Waals surface area contributed by atoms with E-state index in [1.165, 1.54) is 12.1 Å². The molecule has 1 heterocycles. The SMILES string of the molecule is Cc1nc(Cl)nc(Nc2ccc(NC=O)cc2S(=O)(=O)O)n1. The van der Waals surface area contributed by atoms with Crippen LogP contribution >= 0.6 is 11.6 Å². The minimum Gasteiger partial charge on any atom is -0.329 e. The Hall–Kier alpha value is -2.30. The van der Waals surface area contributed by atoms with Crippen LogP contribution in [-0.4, -0.2) is 34.3 Å². The third-order valence-electron chi connectivity index (χ3n) is 2.45. The second-order valence-electron chi connectivity index (χ2n) is 4.05. The van der Waals surface area contributed by atoms with Crippen molar-refractivity contribution in [3.8, 4) is 0 Å². The summed E-state index contributed by atoms with van der Waals surface area (Å²) < 4.78 is 32.2. The maximum Gasteiger partial charge on any atom is 0.296 e. The molecule has 0 aliphatic carbocycles. The second-order valence-corrected chi connectivity index (χ2v) is 5.78. The molecule has 22 heavy (non-hydrogen) atoms. The monoisotopic (exact) mass is 343 g/mol. The molecular formula is C11H10ClN5O4S. The van der Waals surface area contributed by atoms with E-state index in [0.717, 1.165) is 6.07 Å². The van der Waals surface area contributed by atoms with Gasteiger partial charge < -0.3 is 10.6 Å². The number of halogens is 1. The van der Waals surface area contributed by atoms with Gasteiger partial charge in [-0.05, 0) is 36.7 Å². The highest BCUT2D eigenvalue weighted by Gasteiger charge is 2.17. The third kappa shape index (κ3) is 3.87. The molecule has 9 nitrogen and oxygen atoms in total. The standard InChI is InChI=1S/C11H10ClN5O4S/c1-6-14-10(12)17-11(15-6)16-8-3-2-7(13-5-18)4-9(8)22(19,20)21/h2-5H,1H3,(H,13,18)(H,19,20,21)(H,14,15,16,17). The highest BCUT2D eigenvalue weighted by molar-refractivity contribution is 7.86. The Morgan fingerprint density at radius 1 is 1.27 bits per heavy atom. The number of benzene rings is 1. The lowest BCUT2D eigenvalue weighted by molar-refractivity contribution is -0.105. The van der Waals surface area contributed by atoms with Gasteiger partial charge in [0.05, 0.1) is 5.69 Å². The van der Waals surface area contributed by atoms with Crippen molar-refractivity contribution in [2.75, 3.05) is 10.6 Å². The van der Waals surface area contributed by atoms with Crippen LogP contribution in [0, 0.1) is 6.92 Å². The van der Waals surface area contributed by atoms with Crippen molar-refractivity contribution in [2.45, 2.75) is 11.8 Å². The predicted octanol–water partition coefficient (Wildman–Crippen LogP) is 1.39. The Morgan fingerprint density at radius 2 is 2.00 bits per heavy atom. The van der Waals surface area contributed by atoms with Crippen LogP contribution in [-0.2, 0) is 14.9 Å². The van der Waals surface area contributed by atoms with Crippen LogP contribution in [0.5, 0.6) is 0 Å². The number of carbonyl (C=O) groups is 1. The molecule has 3 N–H and O–H groups in total. The van der Waals surface area contributed by atoms with Gasteiger partial charge in [0.1, 0.15) is 10.7 Å². The molecule has 0 aliphatic rings. The van der Waals surface area contributed by atoms with Crippen molar-refractivity contribution >= 4 is 45.5 Å². The Bertz CT molecular complexity index is 807. The fourth-order valence-corrected chi connectivity index (χ4v) is 2.50. The number of carbonyl (C=O) groups excluding carboxylic acids is 1. The Morgan fingerprint density at radius 3 is 2.59 bits per heavy atom. The molecule has 0 aliphatic heterocycles. The summed E-state index contributed by atoms with van der Waals surface area (Å²) in [5, 5.41) is 4.84. The Balaban J connectivity index is 2.48. The maximum absolute atomic E-state index is 11.5. The summed E-state index contributed by atoms with van der Waals surface area (Å²) in [5.74, 6) is 0.341. The number of hydrogen-bond donors (Lipinski definition) is 3. The average Bonchev–Trinajstić information content (AvgIpc) is 2.38. The van der Waals surface area contributed by atoms with E-state index in [-0.39, 0.29) is 22.6 Å². The van der Waals surface area contributed by atoms with Crippen LogP contribution in [0.3, 0.4) is 0 Å². The first-order valence-corrected chi connectivity index (χ1v) is 7.58. The fourth-order valence-electron chi connectivity index (χ4n) is 1.62. The largest absolute Gasteiger partial charge is 0.329 e. The number of nitrogens with one attached hydrogen (secondary N) is 2. The molecule has 0 bridgehead atoms. The molecule has 0 unspecified atom stereocenters. The molecule has 2 rings (SSSR count). The van der Waals surface area contributed by atoms with Gasteiger partial charge >= 0.3 is 0 Å². The number of aromatic nitrogens is 3. The lowest BCUT2D eigenvalue weighted by Gasteiger charge is -2.11. The minimum atomic E-state index is -4.54. The molecule has 0 fully saturated rings. The molecular weight excluding hydrogens is 334 g/mol. The average molecular weight is 344 g/mol. The molecule has 0 saturated heterocycles. The third-order valence-corrected chi connectivity index (χ3v) is 3.51. The van der Waals surface area contributed by atoms with Crippen LogP contribution in [0.15, 0.2) is 23.1 Å². The van der Waals surface area contributed by atoms with Crippen LogP contribution in [0.4, 0.5) is 17.3 Å². The summed E-state index contributed by atoms with van der Waals surface area (Å²) in [6.07, 6.45) is 0.380. The summed E-state index contributed by atoms with van der Waals surface area (Å²) in [7, 11) is -4.54. The number of hydrogen-bond acceptors (Lipinski definition) is 7. The zero-order valence-electron chi connectivity index (χ0n) is 11.1. The first-order valence-electron chi connectivity index (χ1n) is 5.76. The number of nitrogens with zero attached hydrogens (tertiary/aromatic N) is 3. The minimum absolute atomic E-state index is 0.0125. The molecule has 0 atom stereocenters. The van der Waals surface area contributed by atoms with Crippen LogP contribution in [0.25, 0.3) is 0 Å². The number of anilines is 3. The highest BCUT2D eigenvalue weighted by Crippen LogP contribution is 2.27. The lowest BCUT2D eigenvalue weighted by atomic mass is 10.3. The fraction of sp³-hybridized carbons (Fsp3) is 0.0909. The Labute approximate surface area is 130 Å². The smallest absolute Gasteiger partial charge is 0.296 e. The maximum atomic E-state index is 11.5. The molecule has 11 heteroatoms. The van der Waals surface area contributed by atoms with E-state index in [1.807, 2.05) is 0 Å². The normalized spacial score (nSPS) is 11.0. The number of amides is 1. The van der Waals surface area contributed by atoms with E-state index in [1.54, 1.807) is 6.92 Å². The van der Waals surface area contributed by atoms with Gasteiger partial charge in [0.25, 0.3) is 10.1 Å². The summed E-state index contributed by atoms with van der Waals surface area (Å²) in [5.41, 5.74) is 0.207. The quantitative estimate of drug-likeness (QED) is 0.547. The second kappa shape index (κ2) is 6.22. The molecule has 0 radical (unpaired) electrons. The highest BCUT2D eigenvalue weighted by atomic mass is 35.5. The zero-order valence-corrected chi connectivity index (χ0v) is 12.7. The molecule has 1 aromatic carbocycles. The lowest BCUT2D eigenvalue weighted by Crippen LogP contribution is -2.07. The molecule has 1 amide bonds. The van der Waals surface area contributed by atoms with Gasteiger partial charge in [-0.3, -0.25) is 9.35 Å². The van der Waals surface area contributed by atoms with Gasteiger partial charge in [-0.25, -0.2) is 4.98 Å². The number of aryl methyl sites for hydroxylation is 1. The van der Waals surface area contributed by atoms with Gasteiger partial charge in [0.2, 0.25) is 17.6 Å². The molecule has 2 aromatic rings. The van der Waals surface area contributed by atoms with Crippen molar-refractivity contribution in [3.63, 3.8) is 0 Å². The van der Waals surface area contributed by atoms with Crippen molar-refractivity contribution in [1.29, 1.82) is 0 Å². The van der Waals surface area contributed by atoms with Crippen LogP contribution < -0.4 is 10.6 Å². The summed E-state index contributed by atoms with van der Waals surface area (Å²) in [4.78, 5) is 21.5. The first kappa shape index (κ1) is 16.1. The van der Waals surface area contributed by atoms with E-state index in [9.17, 15) is 17.8 Å². The zero-order chi connectivity index (χ0) is 16.3. The summed E-state index contributed by atoms with van der Waals surface area (Å²) in [6.45, 7) is 1.58. The van der Waals surface area contributed by atoms with Gasteiger partial charge in [0.15, 0.2) is 0 Å². The summed E-state index contributed by atoms with van der Waals surface area (Å²) in [6, 6.07) is 3.85. The van der Waals surface area contributed by atoms with Crippen molar-refractivity contribution < 1.29 is 17.8 Å². The number of rotatable bonds is 5. The summed E-state index contributed by atoms with van der Waals surface area (Å²) >= 11 is 5.69. The van der Waals surface area contributed by atoms with Crippen molar-refractivity contribution in [2.24, 2.45) is 0 Å². The van der Waals surface area contributed by atoms with E-state index >= 15 is 0 Å². The first-order chi connectivity index (χ1) is 10.3. The van der Waals surface area contributed by atoms with E-state index < -0.39 is 15.0 Å². The Kier molecular flexibility index (Phi) is 4.54. The van der Waals surface area contributed by atoms with E-state index in [0.29, 0.717) is 12.2 Å². The van der Waals surface area contributed by atoms with Gasteiger partial charge in [-0.2, -0.15) is 18.4 Å².